The van der Waals surface area contributed by atoms with Gasteiger partial charge in [0.2, 0.25) is 0 Å². The summed E-state index contributed by atoms with van der Waals surface area (Å²) in [4.78, 5) is 44.4. The average molecular weight is 418 g/mol. The van der Waals surface area contributed by atoms with Crippen molar-refractivity contribution in [2.75, 3.05) is 39.3 Å². The van der Waals surface area contributed by atoms with E-state index in [0.29, 0.717) is 0 Å². The van der Waals surface area contributed by atoms with Gasteiger partial charge in [-0.25, -0.2) is 0 Å². The van der Waals surface area contributed by atoms with Crippen molar-refractivity contribution >= 4 is 23.9 Å². The molecule has 0 saturated heterocycles. The summed E-state index contributed by atoms with van der Waals surface area (Å²) in [6.07, 6.45) is 0. The van der Waals surface area contributed by atoms with Gasteiger partial charge in [0, 0.05) is 13.1 Å². The molecule has 0 fully saturated rings. The van der Waals surface area contributed by atoms with E-state index in [0.717, 1.165) is 9.80 Å². The molecule has 0 atom stereocenters. The normalized spacial score (nSPS) is 10.3. The van der Waals surface area contributed by atoms with Crippen LogP contribution in [-0.4, -0.2) is 109 Å². The summed E-state index contributed by atoms with van der Waals surface area (Å²) in [7, 11) is 0. The molecule has 0 aliphatic rings. The third-order valence-corrected chi connectivity index (χ3v) is 3.16. The Kier molecular flexibility index (Phi) is 11.2. The molecule has 13 nitrogen and oxygen atoms in total. The topological polar surface area (TPSA) is 216 Å². The Labute approximate surface area is 164 Å². The fourth-order valence-corrected chi connectivity index (χ4v) is 2.00. The molecule has 0 aliphatic carbocycles. The van der Waals surface area contributed by atoms with E-state index in [1.807, 2.05) is 0 Å². The number of nitrogens with zero attached hydrogens (tertiary/aromatic N) is 2. The Morgan fingerprint density at radius 3 is 1.10 bits per heavy atom. The first kappa shape index (κ1) is 25.4. The van der Waals surface area contributed by atoms with Crippen molar-refractivity contribution in [3.63, 3.8) is 0 Å². The summed E-state index contributed by atoms with van der Waals surface area (Å²) in [5.41, 5.74) is 0. The van der Waals surface area contributed by atoms with E-state index in [1.54, 1.807) is 0 Å². The maximum atomic E-state index is 10.6. The molecule has 1 aromatic rings. The molecule has 0 aliphatic heterocycles. The van der Waals surface area contributed by atoms with E-state index in [9.17, 15) is 19.2 Å². The zero-order valence-corrected chi connectivity index (χ0v) is 15.1. The average Bonchev–Trinajstić information content (AvgIpc) is 2.56. The second kappa shape index (κ2) is 12.7. The number of rotatable bonds is 11. The molecule has 0 heterocycles. The van der Waals surface area contributed by atoms with Gasteiger partial charge in [-0.1, -0.05) is 6.07 Å². The molecule has 29 heavy (non-hydrogen) atoms. The highest BCUT2D eigenvalue weighted by Gasteiger charge is 2.18. The van der Waals surface area contributed by atoms with Crippen LogP contribution in [0.2, 0.25) is 0 Å². The van der Waals surface area contributed by atoms with Gasteiger partial charge in [-0.05, 0) is 12.1 Å². The molecule has 1 rings (SSSR count). The van der Waals surface area contributed by atoms with Crippen LogP contribution >= 0.6 is 0 Å². The number of benzene rings is 1. The van der Waals surface area contributed by atoms with Gasteiger partial charge in [-0.15, -0.1) is 0 Å². The molecule has 0 spiro atoms. The van der Waals surface area contributed by atoms with Crippen molar-refractivity contribution in [2.45, 2.75) is 0 Å². The number of hydrogen-bond donors (Lipinski definition) is 7. The van der Waals surface area contributed by atoms with E-state index in [4.69, 9.17) is 35.7 Å². The van der Waals surface area contributed by atoms with Gasteiger partial charge in [-0.3, -0.25) is 29.0 Å². The van der Waals surface area contributed by atoms with Crippen molar-refractivity contribution in [2.24, 2.45) is 0 Å². The van der Waals surface area contributed by atoms with E-state index in [1.165, 1.54) is 18.2 Å². The molecule has 0 saturated carbocycles. The van der Waals surface area contributed by atoms with Gasteiger partial charge >= 0.3 is 23.9 Å². The number of phenols is 3. The van der Waals surface area contributed by atoms with Crippen LogP contribution in [0.5, 0.6) is 17.2 Å². The molecule has 1 aromatic carbocycles. The smallest absolute Gasteiger partial charge is 0.317 e. The number of phenolic OH excluding ortho intramolecular Hbond substituents is 3. The Balaban J connectivity index is 0.000000717. The van der Waals surface area contributed by atoms with E-state index < -0.39 is 55.8 Å². The molecule has 0 unspecified atom stereocenters. The van der Waals surface area contributed by atoms with Crippen molar-refractivity contribution in [3.05, 3.63) is 18.2 Å². The minimum Gasteiger partial charge on any atom is -0.504 e. The number of para-hydroxylation sites is 1. The summed E-state index contributed by atoms with van der Waals surface area (Å²) in [5.74, 6) is -6.01. The number of carboxylic acids is 4. The van der Waals surface area contributed by atoms with E-state index >= 15 is 0 Å². The molecular weight excluding hydrogens is 396 g/mol. The van der Waals surface area contributed by atoms with Crippen LogP contribution < -0.4 is 0 Å². The lowest BCUT2D eigenvalue weighted by Crippen LogP contribution is -2.43. The summed E-state index contributed by atoms with van der Waals surface area (Å²) < 4.78 is 0. The van der Waals surface area contributed by atoms with Gasteiger partial charge in [-0.2, -0.15) is 0 Å². The highest BCUT2D eigenvalue weighted by atomic mass is 16.4. The van der Waals surface area contributed by atoms with Crippen LogP contribution in [-0.2, 0) is 19.2 Å². The summed E-state index contributed by atoms with van der Waals surface area (Å²) in [6.45, 7) is -2.25. The molecule has 0 aromatic heterocycles. The molecule has 0 bridgehead atoms. The lowest BCUT2D eigenvalue weighted by Gasteiger charge is -2.23. The van der Waals surface area contributed by atoms with E-state index in [-0.39, 0.29) is 24.6 Å². The van der Waals surface area contributed by atoms with Crippen molar-refractivity contribution < 1.29 is 54.9 Å². The first-order valence-corrected chi connectivity index (χ1v) is 7.94. The third kappa shape index (κ3) is 12.4. The highest BCUT2D eigenvalue weighted by molar-refractivity contribution is 5.73. The lowest BCUT2D eigenvalue weighted by atomic mass is 10.3. The van der Waals surface area contributed by atoms with Crippen LogP contribution in [0.25, 0.3) is 0 Å². The van der Waals surface area contributed by atoms with Crippen molar-refractivity contribution in [1.29, 1.82) is 0 Å². The SMILES string of the molecule is O=C(O)CN(CCN(CC(=O)O)CC(=O)O)CC(=O)O.Oc1cccc(O)c1O. The summed E-state index contributed by atoms with van der Waals surface area (Å²) >= 11 is 0. The molecule has 13 heteroatoms. The first-order valence-electron chi connectivity index (χ1n) is 7.94. The summed E-state index contributed by atoms with van der Waals surface area (Å²) in [6, 6.07) is 4.01. The molecule has 0 amide bonds. The van der Waals surface area contributed by atoms with Gasteiger partial charge in [0.1, 0.15) is 0 Å². The fraction of sp³-hybridized carbons (Fsp3) is 0.375. The van der Waals surface area contributed by atoms with Crippen LogP contribution in [0.1, 0.15) is 0 Å². The zero-order valence-electron chi connectivity index (χ0n) is 15.1. The van der Waals surface area contributed by atoms with Crippen LogP contribution in [0.4, 0.5) is 0 Å². The van der Waals surface area contributed by atoms with E-state index in [2.05, 4.69) is 0 Å². The number of carboxylic acid groups (broad SMARTS) is 4. The predicted octanol–water partition coefficient (Wildman–Crippen LogP) is -1.27. The number of aromatic hydroxyl groups is 3. The Bertz CT molecular complexity index is 635. The van der Waals surface area contributed by atoms with Crippen LogP contribution in [0.15, 0.2) is 18.2 Å². The fourth-order valence-electron chi connectivity index (χ4n) is 2.00. The summed E-state index contributed by atoms with van der Waals surface area (Å²) in [5, 5.41) is 60.6. The lowest BCUT2D eigenvalue weighted by molar-refractivity contribution is -0.145. The molecular formula is C16H22N2O11. The standard InChI is InChI=1S/C10H16N2O8.C6H6O3/c13-7(14)3-11(4-8(15)16)1-2-12(5-9(17)18)6-10(19)20;7-4-2-1-3-5(8)6(4)9/h1-6H2,(H,13,14)(H,15,16)(H,17,18)(H,19,20);1-3,7-9H. The molecule has 162 valence electrons. The van der Waals surface area contributed by atoms with Gasteiger partial charge in [0.25, 0.3) is 0 Å². The number of aliphatic carboxylic acids is 4. The van der Waals surface area contributed by atoms with Crippen molar-refractivity contribution in [3.8, 4) is 17.2 Å². The first-order chi connectivity index (χ1) is 13.4. The maximum absolute atomic E-state index is 10.6. The minimum absolute atomic E-state index is 0.0703. The van der Waals surface area contributed by atoms with Gasteiger partial charge in [0.15, 0.2) is 17.2 Å². The molecule has 0 radical (unpaired) electrons. The largest absolute Gasteiger partial charge is 0.504 e. The second-order valence-electron chi connectivity index (χ2n) is 5.64. The number of carbonyl (C=O) groups is 4. The quantitative estimate of drug-likeness (QED) is 0.209. The van der Waals surface area contributed by atoms with Crippen LogP contribution in [0, 0.1) is 0 Å². The van der Waals surface area contributed by atoms with Gasteiger partial charge in [0.05, 0.1) is 26.2 Å². The monoisotopic (exact) mass is 418 g/mol. The van der Waals surface area contributed by atoms with Gasteiger partial charge < -0.3 is 35.7 Å². The Morgan fingerprint density at radius 2 is 0.897 bits per heavy atom. The zero-order chi connectivity index (χ0) is 22.6. The minimum atomic E-state index is -1.23. The Hall–Kier alpha value is -3.58. The molecule has 7 N–H and O–H groups in total. The number of hydrogen-bond acceptors (Lipinski definition) is 9. The van der Waals surface area contributed by atoms with Crippen LogP contribution in [0.3, 0.4) is 0 Å². The predicted molar refractivity (Wildman–Crippen MR) is 94.9 cm³/mol. The second-order valence-corrected chi connectivity index (χ2v) is 5.64. The third-order valence-electron chi connectivity index (χ3n) is 3.16. The highest BCUT2D eigenvalue weighted by Crippen LogP contribution is 2.32. The maximum Gasteiger partial charge on any atom is 0.317 e. The Morgan fingerprint density at radius 1 is 0.621 bits per heavy atom. The van der Waals surface area contributed by atoms with Crippen molar-refractivity contribution in [1.82, 2.24) is 9.80 Å².